The maximum Gasteiger partial charge on any atom is 0.267 e. The van der Waals surface area contributed by atoms with E-state index in [0.717, 1.165) is 49.2 Å². The van der Waals surface area contributed by atoms with Gasteiger partial charge in [0.05, 0.1) is 13.3 Å². The maximum absolute atomic E-state index is 11.3. The van der Waals surface area contributed by atoms with Crippen molar-refractivity contribution in [1.82, 2.24) is 25.1 Å². The normalized spacial score (nSPS) is 15.2. The van der Waals surface area contributed by atoms with Gasteiger partial charge in [0, 0.05) is 67.2 Å². The number of H-pyrrole nitrogens is 1. The fraction of sp³-hybridized carbons (Fsp3) is 0.286. The van der Waals surface area contributed by atoms with Gasteiger partial charge in [0.15, 0.2) is 0 Å². The lowest BCUT2D eigenvalue weighted by Gasteiger charge is -2.29. The predicted molar refractivity (Wildman–Crippen MR) is 139 cm³/mol. The first-order valence-corrected chi connectivity index (χ1v) is 12.1. The second-order valence-electron chi connectivity index (χ2n) is 9.29. The Morgan fingerprint density at radius 2 is 2.22 bits per heavy atom. The van der Waals surface area contributed by atoms with E-state index in [1.54, 1.807) is 18.7 Å². The minimum Gasteiger partial charge on any atom is -0.497 e. The quantitative estimate of drug-likeness (QED) is 0.188. The molecule has 0 bridgehead atoms. The summed E-state index contributed by atoms with van der Waals surface area (Å²) in [5.74, 6) is 0.314. The number of benzene rings is 2. The highest BCUT2D eigenvalue weighted by molar-refractivity contribution is 5.90. The molecule has 2 heterocycles. The fourth-order valence-corrected chi connectivity index (χ4v) is 5.20. The van der Waals surface area contributed by atoms with E-state index in [1.165, 1.54) is 33.7 Å². The zero-order valence-corrected chi connectivity index (χ0v) is 20.6. The molecule has 4 aromatic rings. The van der Waals surface area contributed by atoms with Crippen LogP contribution in [0.25, 0.3) is 17.0 Å². The van der Waals surface area contributed by atoms with Gasteiger partial charge in [-0.2, -0.15) is 5.10 Å². The molecule has 0 saturated heterocycles. The summed E-state index contributed by atoms with van der Waals surface area (Å²) < 4.78 is 7.22. The fourth-order valence-electron chi connectivity index (χ4n) is 5.20. The van der Waals surface area contributed by atoms with Crippen molar-refractivity contribution in [3.63, 3.8) is 0 Å². The van der Waals surface area contributed by atoms with E-state index in [-0.39, 0.29) is 0 Å². The first-order chi connectivity index (χ1) is 17.5. The Morgan fingerprint density at radius 3 is 3.00 bits per heavy atom. The Labute approximate surface area is 210 Å². The lowest BCUT2D eigenvalue weighted by Crippen LogP contribution is -2.29. The summed E-state index contributed by atoms with van der Waals surface area (Å²) in [6, 6.07) is 12.8. The van der Waals surface area contributed by atoms with Crippen molar-refractivity contribution in [3.05, 3.63) is 88.9 Å². The van der Waals surface area contributed by atoms with Gasteiger partial charge in [0.1, 0.15) is 5.75 Å². The zero-order chi connectivity index (χ0) is 25.1. The molecule has 0 radical (unpaired) electrons. The van der Waals surface area contributed by atoms with Gasteiger partial charge in [-0.05, 0) is 59.7 Å². The molecule has 0 aliphatic heterocycles. The Bertz CT molecular complexity index is 1400. The molecule has 0 spiro atoms. The van der Waals surface area contributed by atoms with Crippen LogP contribution in [0.2, 0.25) is 0 Å². The number of hydroxylamine groups is 1. The van der Waals surface area contributed by atoms with Crippen LogP contribution in [0.15, 0.2) is 61.1 Å². The van der Waals surface area contributed by atoms with Gasteiger partial charge in [-0.25, -0.2) is 5.48 Å². The molecular formula is C28H31N5O3. The molecular weight excluding hydrogens is 454 g/mol. The monoisotopic (exact) mass is 485 g/mol. The van der Waals surface area contributed by atoms with Crippen molar-refractivity contribution in [1.29, 1.82) is 0 Å². The average Bonchev–Trinajstić information content (AvgIpc) is 3.62. The van der Waals surface area contributed by atoms with Crippen LogP contribution in [0.3, 0.4) is 0 Å². The molecule has 5 rings (SSSR count). The molecule has 36 heavy (non-hydrogen) atoms. The molecule has 1 aliphatic carbocycles. The van der Waals surface area contributed by atoms with Gasteiger partial charge >= 0.3 is 0 Å². The van der Waals surface area contributed by atoms with E-state index in [4.69, 9.17) is 9.94 Å². The molecule has 3 N–H and O–H groups in total. The molecule has 1 amide bonds. The number of rotatable bonds is 9. The number of hydrogen-bond donors (Lipinski definition) is 3. The van der Waals surface area contributed by atoms with Gasteiger partial charge in [-0.15, -0.1) is 0 Å². The lowest BCUT2D eigenvalue weighted by molar-refractivity contribution is -0.124. The number of methoxy groups -OCH3 is 1. The van der Waals surface area contributed by atoms with Crippen molar-refractivity contribution >= 4 is 22.9 Å². The predicted octanol–water partition coefficient (Wildman–Crippen LogP) is 4.16. The molecule has 1 aliphatic rings. The first kappa shape index (κ1) is 23.8. The Kier molecular flexibility index (Phi) is 6.88. The number of carbonyl (C=O) groups is 1. The molecule has 2 aromatic heterocycles. The summed E-state index contributed by atoms with van der Waals surface area (Å²) in [5, 5.41) is 14.3. The van der Waals surface area contributed by atoms with Crippen molar-refractivity contribution < 1.29 is 14.7 Å². The maximum atomic E-state index is 11.3. The smallest absolute Gasteiger partial charge is 0.267 e. The number of amides is 1. The number of hydrogen-bond acceptors (Lipinski definition) is 5. The van der Waals surface area contributed by atoms with E-state index >= 15 is 0 Å². The summed E-state index contributed by atoms with van der Waals surface area (Å²) >= 11 is 0. The minimum atomic E-state index is -0.535. The van der Waals surface area contributed by atoms with Crippen LogP contribution in [-0.2, 0) is 31.2 Å². The minimum absolute atomic E-state index is 0.310. The van der Waals surface area contributed by atoms with E-state index in [9.17, 15) is 4.79 Å². The third-order valence-electron chi connectivity index (χ3n) is 6.98. The van der Waals surface area contributed by atoms with Crippen molar-refractivity contribution in [2.75, 3.05) is 13.7 Å². The van der Waals surface area contributed by atoms with Gasteiger partial charge in [0.2, 0.25) is 0 Å². The Hall–Kier alpha value is -3.88. The summed E-state index contributed by atoms with van der Waals surface area (Å²) in [4.78, 5) is 17.3. The first-order valence-electron chi connectivity index (χ1n) is 12.1. The summed E-state index contributed by atoms with van der Waals surface area (Å²) in [6.45, 7) is 1.74. The largest absolute Gasteiger partial charge is 0.497 e. The van der Waals surface area contributed by atoms with Crippen LogP contribution in [0, 0.1) is 0 Å². The van der Waals surface area contributed by atoms with Crippen LogP contribution in [0.1, 0.15) is 40.3 Å². The summed E-state index contributed by atoms with van der Waals surface area (Å²) in [5.41, 5.74) is 8.81. The SMILES string of the molecule is COc1ccc2c(CCN(Cc3cnn(C)c3)C3CCc4cc(/C=C/C(=O)NO)ccc43)c[nH]c2c1. The van der Waals surface area contributed by atoms with Crippen LogP contribution in [0.5, 0.6) is 5.75 Å². The summed E-state index contributed by atoms with van der Waals surface area (Å²) in [7, 11) is 3.64. The van der Waals surface area contributed by atoms with Gasteiger partial charge in [-0.1, -0.05) is 18.2 Å². The highest BCUT2D eigenvalue weighted by atomic mass is 16.5. The number of fused-ring (bicyclic) bond motifs is 2. The number of aromatic nitrogens is 3. The van der Waals surface area contributed by atoms with Gasteiger partial charge in [0.25, 0.3) is 5.91 Å². The molecule has 2 aromatic carbocycles. The number of nitrogens with zero attached hydrogens (tertiary/aromatic N) is 3. The third-order valence-corrected chi connectivity index (χ3v) is 6.98. The van der Waals surface area contributed by atoms with Crippen molar-refractivity contribution in [2.24, 2.45) is 7.05 Å². The Balaban J connectivity index is 1.38. The molecule has 8 nitrogen and oxygen atoms in total. The lowest BCUT2D eigenvalue weighted by atomic mass is 10.0. The van der Waals surface area contributed by atoms with Crippen molar-refractivity contribution in [2.45, 2.75) is 31.8 Å². The Morgan fingerprint density at radius 1 is 1.33 bits per heavy atom. The highest BCUT2D eigenvalue weighted by Crippen LogP contribution is 2.37. The molecule has 1 unspecified atom stereocenters. The molecule has 0 saturated carbocycles. The molecule has 0 fully saturated rings. The second kappa shape index (κ2) is 10.4. The highest BCUT2D eigenvalue weighted by Gasteiger charge is 2.28. The second-order valence-corrected chi connectivity index (χ2v) is 9.29. The number of nitrogens with one attached hydrogen (secondary N) is 2. The standard InChI is InChI=1S/C28H31N5O3/c1-32-17-20(15-30-32)18-33(12-11-22-16-29-26-14-23(36-2)6-8-24(22)26)27-9-5-21-13-19(3-7-25(21)27)4-10-28(34)31-35/h3-4,6-8,10,13-17,27,29,35H,5,9,11-12,18H2,1-2H3,(H,31,34)/b10-4+. The van der Waals surface area contributed by atoms with Crippen LogP contribution < -0.4 is 10.2 Å². The van der Waals surface area contributed by atoms with Crippen LogP contribution in [-0.4, -0.2) is 44.4 Å². The van der Waals surface area contributed by atoms with E-state index < -0.39 is 5.91 Å². The van der Waals surface area contributed by atoms with Gasteiger partial charge < -0.3 is 9.72 Å². The number of ether oxygens (including phenoxy) is 1. The average molecular weight is 486 g/mol. The number of aryl methyl sites for hydroxylation is 2. The van der Waals surface area contributed by atoms with E-state index in [0.29, 0.717) is 6.04 Å². The topological polar surface area (TPSA) is 95.4 Å². The summed E-state index contributed by atoms with van der Waals surface area (Å²) in [6.07, 6.45) is 12.2. The molecule has 1 atom stereocenters. The van der Waals surface area contributed by atoms with E-state index in [2.05, 4.69) is 45.6 Å². The van der Waals surface area contributed by atoms with Crippen LogP contribution >= 0.6 is 0 Å². The van der Waals surface area contributed by atoms with Crippen molar-refractivity contribution in [3.8, 4) is 5.75 Å². The number of aromatic amines is 1. The van der Waals surface area contributed by atoms with Crippen LogP contribution in [0.4, 0.5) is 0 Å². The van der Waals surface area contributed by atoms with Gasteiger partial charge in [-0.3, -0.25) is 19.6 Å². The number of carbonyl (C=O) groups excluding carboxylic acids is 1. The van der Waals surface area contributed by atoms with E-state index in [1.807, 2.05) is 36.1 Å². The molecule has 186 valence electrons. The third kappa shape index (κ3) is 5.05. The molecule has 8 heteroatoms. The zero-order valence-electron chi connectivity index (χ0n) is 20.6.